The first-order chi connectivity index (χ1) is 9.11. The van der Waals surface area contributed by atoms with Gasteiger partial charge in [0.15, 0.2) is 0 Å². The second-order valence-corrected chi connectivity index (χ2v) is 5.46. The van der Waals surface area contributed by atoms with Gasteiger partial charge in [0.1, 0.15) is 0 Å². The van der Waals surface area contributed by atoms with Crippen LogP contribution < -0.4 is 11.5 Å². The summed E-state index contributed by atoms with van der Waals surface area (Å²) in [6, 6.07) is 8.01. The molecule has 112 valence electrons. The maximum absolute atomic E-state index is 11.2. The Kier molecular flexibility index (Phi) is 6.46. The van der Waals surface area contributed by atoms with Crippen molar-refractivity contribution in [2.24, 2.45) is 17.4 Å². The van der Waals surface area contributed by atoms with Gasteiger partial charge in [-0.2, -0.15) is 0 Å². The molecule has 0 aromatic heterocycles. The molecule has 0 bridgehead atoms. The van der Waals surface area contributed by atoms with E-state index in [2.05, 4.69) is 11.8 Å². The third-order valence-electron chi connectivity index (χ3n) is 4.07. The Morgan fingerprint density at radius 1 is 1.45 bits per heavy atom. The third kappa shape index (κ3) is 3.95. The lowest BCUT2D eigenvalue weighted by Gasteiger charge is -2.39. The summed E-state index contributed by atoms with van der Waals surface area (Å²) in [4.78, 5) is 13.6. The fourth-order valence-corrected chi connectivity index (χ4v) is 2.97. The van der Waals surface area contributed by atoms with E-state index in [4.69, 9.17) is 11.5 Å². The van der Waals surface area contributed by atoms with E-state index in [1.54, 1.807) is 6.07 Å². The number of piperidine rings is 1. The molecule has 1 aliphatic heterocycles. The fraction of sp³-hybridized carbons (Fsp3) is 0.533. The Bertz CT molecular complexity index is 452. The van der Waals surface area contributed by atoms with Gasteiger partial charge in [-0.25, -0.2) is 0 Å². The minimum Gasteiger partial charge on any atom is -0.366 e. The van der Waals surface area contributed by atoms with Crippen LogP contribution >= 0.6 is 12.4 Å². The molecule has 2 unspecified atom stereocenters. The zero-order chi connectivity index (χ0) is 13.8. The quantitative estimate of drug-likeness (QED) is 0.889. The molecular weight excluding hydrogens is 274 g/mol. The van der Waals surface area contributed by atoms with Crippen molar-refractivity contribution in [3.05, 3.63) is 35.4 Å². The van der Waals surface area contributed by atoms with Gasteiger partial charge in [-0.05, 0) is 43.0 Å². The topological polar surface area (TPSA) is 72.3 Å². The van der Waals surface area contributed by atoms with Crippen molar-refractivity contribution in [3.63, 3.8) is 0 Å². The molecule has 1 heterocycles. The predicted octanol–water partition coefficient (Wildman–Crippen LogP) is 1.77. The number of primary amides is 1. The number of carbonyl (C=O) groups is 1. The number of likely N-dealkylation sites (tertiary alicyclic amines) is 1. The normalized spacial score (nSPS) is 23.1. The summed E-state index contributed by atoms with van der Waals surface area (Å²) >= 11 is 0. The minimum absolute atomic E-state index is 0. The monoisotopic (exact) mass is 297 g/mol. The molecule has 1 aromatic rings. The van der Waals surface area contributed by atoms with E-state index >= 15 is 0 Å². The number of hydrogen-bond acceptors (Lipinski definition) is 3. The molecule has 1 saturated heterocycles. The molecule has 1 aromatic carbocycles. The molecule has 4 N–H and O–H groups in total. The average molecular weight is 298 g/mol. The number of carbonyl (C=O) groups excluding carboxylic acids is 1. The summed E-state index contributed by atoms with van der Waals surface area (Å²) in [6.45, 7) is 4.88. The van der Waals surface area contributed by atoms with Gasteiger partial charge in [-0.1, -0.05) is 19.1 Å². The maximum Gasteiger partial charge on any atom is 0.248 e. The fourth-order valence-electron chi connectivity index (χ4n) is 2.97. The third-order valence-corrected chi connectivity index (χ3v) is 4.07. The first kappa shape index (κ1) is 17.0. The smallest absolute Gasteiger partial charge is 0.248 e. The first-order valence-corrected chi connectivity index (χ1v) is 6.94. The molecule has 5 heteroatoms. The minimum atomic E-state index is -0.371. The van der Waals surface area contributed by atoms with Crippen LogP contribution in [-0.4, -0.2) is 29.9 Å². The number of benzene rings is 1. The Labute approximate surface area is 126 Å². The Balaban J connectivity index is 0.00000200. The number of halogens is 1. The summed E-state index contributed by atoms with van der Waals surface area (Å²) in [7, 11) is 0. The lowest BCUT2D eigenvalue weighted by molar-refractivity contribution is 0.0982. The summed E-state index contributed by atoms with van der Waals surface area (Å²) in [5, 5.41) is 0. The van der Waals surface area contributed by atoms with Crippen LogP contribution in [-0.2, 0) is 6.54 Å². The highest BCUT2D eigenvalue weighted by Crippen LogP contribution is 2.24. The second kappa shape index (κ2) is 7.62. The van der Waals surface area contributed by atoms with E-state index in [1.165, 1.54) is 12.8 Å². The van der Waals surface area contributed by atoms with Gasteiger partial charge >= 0.3 is 0 Å². The van der Waals surface area contributed by atoms with E-state index in [0.29, 0.717) is 24.1 Å². The standard InChI is InChI=1S/C15H23N3O.ClH/c1-11-4-3-7-18(14(11)9-16)10-12-5-2-6-13(8-12)15(17)19;/h2,5-6,8,11,14H,3-4,7,9-10,16H2,1H3,(H2,17,19);1H. The van der Waals surface area contributed by atoms with Crippen molar-refractivity contribution < 1.29 is 4.79 Å². The molecule has 2 rings (SSSR count). The first-order valence-electron chi connectivity index (χ1n) is 6.94. The molecule has 4 nitrogen and oxygen atoms in total. The number of nitrogens with zero attached hydrogens (tertiary/aromatic N) is 1. The highest BCUT2D eigenvalue weighted by Gasteiger charge is 2.27. The lowest BCUT2D eigenvalue weighted by atomic mass is 9.90. The Morgan fingerprint density at radius 2 is 2.20 bits per heavy atom. The number of rotatable bonds is 4. The van der Waals surface area contributed by atoms with E-state index < -0.39 is 0 Å². The van der Waals surface area contributed by atoms with E-state index in [1.807, 2.05) is 18.2 Å². The van der Waals surface area contributed by atoms with Crippen LogP contribution in [0, 0.1) is 5.92 Å². The van der Waals surface area contributed by atoms with Gasteiger partial charge in [0.2, 0.25) is 5.91 Å². The summed E-state index contributed by atoms with van der Waals surface area (Å²) in [5.41, 5.74) is 12.9. The Hall–Kier alpha value is -1.10. The second-order valence-electron chi connectivity index (χ2n) is 5.46. The molecule has 0 radical (unpaired) electrons. The summed E-state index contributed by atoms with van der Waals surface area (Å²) in [5.74, 6) is 0.266. The van der Waals surface area contributed by atoms with Gasteiger partial charge in [-0.15, -0.1) is 12.4 Å². The molecule has 1 amide bonds. The highest BCUT2D eigenvalue weighted by molar-refractivity contribution is 5.92. The highest BCUT2D eigenvalue weighted by atomic mass is 35.5. The van der Waals surface area contributed by atoms with Gasteiger partial charge in [-0.3, -0.25) is 9.69 Å². The SMILES string of the molecule is CC1CCCN(Cc2cccc(C(N)=O)c2)C1CN.Cl. The van der Waals surface area contributed by atoms with Crippen LogP contribution in [0.4, 0.5) is 0 Å². The maximum atomic E-state index is 11.2. The van der Waals surface area contributed by atoms with Crippen molar-refractivity contribution in [2.45, 2.75) is 32.4 Å². The lowest BCUT2D eigenvalue weighted by Crippen LogP contribution is -2.48. The van der Waals surface area contributed by atoms with Crippen LogP contribution in [0.2, 0.25) is 0 Å². The molecule has 1 fully saturated rings. The van der Waals surface area contributed by atoms with Crippen molar-refractivity contribution >= 4 is 18.3 Å². The van der Waals surface area contributed by atoms with Crippen molar-refractivity contribution in [1.82, 2.24) is 4.90 Å². The van der Waals surface area contributed by atoms with Gasteiger partial charge in [0, 0.05) is 24.7 Å². The van der Waals surface area contributed by atoms with Gasteiger partial charge in [0.05, 0.1) is 0 Å². The largest absolute Gasteiger partial charge is 0.366 e. The zero-order valence-electron chi connectivity index (χ0n) is 11.9. The summed E-state index contributed by atoms with van der Waals surface area (Å²) in [6.07, 6.45) is 2.47. The molecule has 0 spiro atoms. The van der Waals surface area contributed by atoms with Crippen LogP contribution in [0.5, 0.6) is 0 Å². The van der Waals surface area contributed by atoms with Crippen LogP contribution in [0.25, 0.3) is 0 Å². The van der Waals surface area contributed by atoms with Gasteiger partial charge < -0.3 is 11.5 Å². The van der Waals surface area contributed by atoms with E-state index in [0.717, 1.165) is 18.7 Å². The molecule has 20 heavy (non-hydrogen) atoms. The summed E-state index contributed by atoms with van der Waals surface area (Å²) < 4.78 is 0. The zero-order valence-corrected chi connectivity index (χ0v) is 12.7. The van der Waals surface area contributed by atoms with Crippen molar-refractivity contribution in [2.75, 3.05) is 13.1 Å². The molecular formula is C15H24ClN3O. The van der Waals surface area contributed by atoms with Crippen LogP contribution in [0.1, 0.15) is 35.7 Å². The number of hydrogen-bond donors (Lipinski definition) is 2. The van der Waals surface area contributed by atoms with Gasteiger partial charge in [0.25, 0.3) is 0 Å². The van der Waals surface area contributed by atoms with Crippen LogP contribution in [0.15, 0.2) is 24.3 Å². The number of amides is 1. The Morgan fingerprint density at radius 3 is 2.85 bits per heavy atom. The molecule has 2 atom stereocenters. The van der Waals surface area contributed by atoms with Crippen molar-refractivity contribution in [1.29, 1.82) is 0 Å². The molecule has 1 aliphatic rings. The molecule has 0 saturated carbocycles. The predicted molar refractivity (Wildman–Crippen MR) is 83.9 cm³/mol. The van der Waals surface area contributed by atoms with E-state index in [9.17, 15) is 4.79 Å². The van der Waals surface area contributed by atoms with Crippen molar-refractivity contribution in [3.8, 4) is 0 Å². The number of nitrogens with two attached hydrogens (primary N) is 2. The average Bonchev–Trinajstić information content (AvgIpc) is 2.39. The molecule has 0 aliphatic carbocycles. The van der Waals surface area contributed by atoms with Crippen LogP contribution in [0.3, 0.4) is 0 Å². The van der Waals surface area contributed by atoms with E-state index in [-0.39, 0.29) is 18.3 Å².